The van der Waals surface area contributed by atoms with Gasteiger partial charge in [-0.2, -0.15) is 5.10 Å². The normalized spacial score (nSPS) is 11.0. The number of hydrazone groups is 1. The van der Waals surface area contributed by atoms with Crippen LogP contribution in [0.15, 0.2) is 35.4 Å². The number of benzene rings is 1. The summed E-state index contributed by atoms with van der Waals surface area (Å²) in [7, 11) is 0. The van der Waals surface area contributed by atoms with Crippen molar-refractivity contribution in [3.8, 4) is 5.69 Å². The van der Waals surface area contributed by atoms with E-state index in [1.54, 1.807) is 0 Å². The Bertz CT molecular complexity index is 757. The van der Waals surface area contributed by atoms with Gasteiger partial charge in [0.25, 0.3) is 0 Å². The number of hydrogen-bond acceptors (Lipinski definition) is 3. The minimum absolute atomic E-state index is 0.532. The van der Waals surface area contributed by atoms with Crippen LogP contribution in [0, 0.1) is 13.8 Å². The number of nitrogens with zero attached hydrogens (tertiary/aromatic N) is 3. The maximum absolute atomic E-state index is 5.12. The highest BCUT2D eigenvalue weighted by molar-refractivity contribution is 7.80. The average Bonchev–Trinajstić information content (AvgIpc) is 2.91. The Morgan fingerprint density at radius 1 is 1.15 bits per heavy atom. The average molecular weight is 372 g/mol. The van der Waals surface area contributed by atoms with Gasteiger partial charge in [0.15, 0.2) is 5.11 Å². The number of nitrogens with one attached hydrogen (secondary N) is 2. The molecule has 5 nitrogen and oxygen atoms in total. The van der Waals surface area contributed by atoms with Crippen molar-refractivity contribution in [3.05, 3.63) is 47.3 Å². The van der Waals surface area contributed by atoms with E-state index < -0.39 is 0 Å². The maximum Gasteiger partial charge on any atom is 0.186 e. The zero-order valence-electron chi connectivity index (χ0n) is 16.3. The summed E-state index contributed by atoms with van der Waals surface area (Å²) in [5.74, 6) is 0. The van der Waals surface area contributed by atoms with Crippen LogP contribution < -0.4 is 15.6 Å². The van der Waals surface area contributed by atoms with Crippen molar-refractivity contribution in [1.82, 2.24) is 15.3 Å². The van der Waals surface area contributed by atoms with Crippen molar-refractivity contribution < 1.29 is 0 Å². The third-order valence-corrected chi connectivity index (χ3v) is 4.65. The molecule has 0 bridgehead atoms. The van der Waals surface area contributed by atoms with Gasteiger partial charge in [-0.3, -0.25) is 5.43 Å². The largest absolute Gasteiger partial charge is 0.372 e. The minimum Gasteiger partial charge on any atom is -0.372 e. The van der Waals surface area contributed by atoms with Crippen LogP contribution in [-0.2, 0) is 0 Å². The zero-order valence-corrected chi connectivity index (χ0v) is 17.2. The second-order valence-electron chi connectivity index (χ2n) is 6.08. The van der Waals surface area contributed by atoms with Gasteiger partial charge in [-0.15, -0.1) is 0 Å². The Morgan fingerprint density at radius 2 is 1.81 bits per heavy atom. The molecular weight excluding hydrogens is 342 g/mol. The van der Waals surface area contributed by atoms with Crippen molar-refractivity contribution in [1.29, 1.82) is 0 Å². The molecule has 0 unspecified atom stereocenters. The highest BCUT2D eigenvalue weighted by Gasteiger charge is 2.10. The van der Waals surface area contributed by atoms with Gasteiger partial charge >= 0.3 is 0 Å². The lowest BCUT2D eigenvalue weighted by molar-refractivity contribution is 0.865. The zero-order chi connectivity index (χ0) is 19.1. The molecule has 0 aliphatic heterocycles. The maximum atomic E-state index is 5.12. The fourth-order valence-electron chi connectivity index (χ4n) is 3.08. The topological polar surface area (TPSA) is 44.6 Å². The first kappa shape index (κ1) is 20.0. The van der Waals surface area contributed by atoms with Gasteiger partial charge in [-0.05, 0) is 77.2 Å². The van der Waals surface area contributed by atoms with E-state index in [0.29, 0.717) is 5.11 Å². The molecule has 140 valence electrons. The van der Waals surface area contributed by atoms with Crippen LogP contribution in [0.4, 0.5) is 5.69 Å². The van der Waals surface area contributed by atoms with Crippen molar-refractivity contribution in [2.75, 3.05) is 24.5 Å². The number of hydrogen-bond donors (Lipinski definition) is 2. The van der Waals surface area contributed by atoms with Gasteiger partial charge in [0.1, 0.15) is 0 Å². The molecule has 0 aliphatic rings. The first-order valence-corrected chi connectivity index (χ1v) is 9.53. The van der Waals surface area contributed by atoms with Crippen molar-refractivity contribution >= 4 is 29.2 Å². The highest BCUT2D eigenvalue weighted by atomic mass is 32.1. The lowest BCUT2D eigenvalue weighted by atomic mass is 10.2. The van der Waals surface area contributed by atoms with Crippen LogP contribution in [0.5, 0.6) is 0 Å². The molecule has 2 N–H and O–H groups in total. The van der Waals surface area contributed by atoms with E-state index in [9.17, 15) is 0 Å². The minimum atomic E-state index is 0.532. The molecule has 0 atom stereocenters. The number of thiocarbonyl (C=S) groups is 1. The second kappa shape index (κ2) is 9.38. The van der Waals surface area contributed by atoms with Crippen LogP contribution in [0.3, 0.4) is 0 Å². The van der Waals surface area contributed by atoms with Crippen LogP contribution in [-0.4, -0.2) is 35.5 Å². The summed E-state index contributed by atoms with van der Waals surface area (Å²) < 4.78 is 2.25. The quantitative estimate of drug-likeness (QED) is 0.442. The van der Waals surface area contributed by atoms with E-state index in [1.807, 2.05) is 13.1 Å². The molecule has 0 aliphatic carbocycles. The first-order valence-electron chi connectivity index (χ1n) is 9.13. The van der Waals surface area contributed by atoms with Gasteiger partial charge in [0.05, 0.1) is 6.21 Å². The Balaban J connectivity index is 2.22. The van der Waals surface area contributed by atoms with E-state index >= 15 is 0 Å². The lowest BCUT2D eigenvalue weighted by Crippen LogP contribution is -2.31. The smallest absolute Gasteiger partial charge is 0.186 e. The van der Waals surface area contributed by atoms with Gasteiger partial charge in [0.2, 0.25) is 0 Å². The predicted molar refractivity (Wildman–Crippen MR) is 116 cm³/mol. The van der Waals surface area contributed by atoms with Crippen molar-refractivity contribution in [2.24, 2.45) is 5.10 Å². The Hall–Kier alpha value is -2.34. The van der Waals surface area contributed by atoms with E-state index in [-0.39, 0.29) is 0 Å². The Kier molecular flexibility index (Phi) is 7.21. The monoisotopic (exact) mass is 371 g/mol. The summed E-state index contributed by atoms with van der Waals surface area (Å²) in [6.45, 7) is 13.4. The van der Waals surface area contributed by atoms with E-state index in [0.717, 1.165) is 36.6 Å². The number of aromatic nitrogens is 1. The molecule has 2 aromatic rings. The standard InChI is InChI=1S/C20H29N5S/c1-6-21-20(26)23-22-14-17-13-15(4)25(16(17)5)19-11-9-18(10-12-19)24(7-2)8-3/h9-14H,6-8H2,1-5H3,(H2,21,23,26). The van der Waals surface area contributed by atoms with Crippen LogP contribution in [0.2, 0.25) is 0 Å². The Morgan fingerprint density at radius 3 is 2.38 bits per heavy atom. The van der Waals surface area contributed by atoms with E-state index in [2.05, 4.69) is 83.3 Å². The lowest BCUT2D eigenvalue weighted by Gasteiger charge is -2.21. The molecule has 0 amide bonds. The molecule has 0 saturated carbocycles. The Labute approximate surface area is 162 Å². The van der Waals surface area contributed by atoms with Crippen molar-refractivity contribution in [2.45, 2.75) is 34.6 Å². The van der Waals surface area contributed by atoms with E-state index in [4.69, 9.17) is 12.2 Å². The van der Waals surface area contributed by atoms with Crippen molar-refractivity contribution in [3.63, 3.8) is 0 Å². The predicted octanol–water partition coefficient (Wildman–Crippen LogP) is 3.76. The summed E-state index contributed by atoms with van der Waals surface area (Å²) in [5.41, 5.74) is 8.65. The molecule has 0 fully saturated rings. The van der Waals surface area contributed by atoms with Gasteiger partial charge < -0.3 is 14.8 Å². The molecule has 0 radical (unpaired) electrons. The molecular formula is C20H29N5S. The summed E-state index contributed by atoms with van der Waals surface area (Å²) in [4.78, 5) is 2.34. The molecule has 1 aromatic carbocycles. The second-order valence-corrected chi connectivity index (χ2v) is 6.49. The van der Waals surface area contributed by atoms with Crippen LogP contribution in [0.1, 0.15) is 37.7 Å². The third kappa shape index (κ3) is 4.64. The van der Waals surface area contributed by atoms with Crippen LogP contribution in [0.25, 0.3) is 5.69 Å². The number of anilines is 1. The van der Waals surface area contributed by atoms with Crippen LogP contribution >= 0.6 is 12.2 Å². The molecule has 1 heterocycles. The molecule has 26 heavy (non-hydrogen) atoms. The number of aryl methyl sites for hydroxylation is 1. The number of rotatable bonds is 7. The fraction of sp³-hybridized carbons (Fsp3) is 0.400. The molecule has 0 saturated heterocycles. The molecule has 0 spiro atoms. The summed E-state index contributed by atoms with van der Waals surface area (Å²) in [6.07, 6.45) is 1.81. The van der Waals surface area contributed by atoms with Gasteiger partial charge in [0, 0.05) is 48.0 Å². The van der Waals surface area contributed by atoms with Gasteiger partial charge in [-0.25, -0.2) is 0 Å². The fourth-order valence-corrected chi connectivity index (χ4v) is 3.27. The highest BCUT2D eigenvalue weighted by Crippen LogP contribution is 2.22. The summed E-state index contributed by atoms with van der Waals surface area (Å²) in [6, 6.07) is 10.9. The van der Waals surface area contributed by atoms with Gasteiger partial charge in [-0.1, -0.05) is 0 Å². The third-order valence-electron chi connectivity index (χ3n) is 4.41. The summed E-state index contributed by atoms with van der Waals surface area (Å²) in [5, 5.41) is 7.77. The first-order chi connectivity index (χ1) is 12.5. The van der Waals surface area contributed by atoms with E-state index in [1.165, 1.54) is 11.4 Å². The molecule has 1 aromatic heterocycles. The summed E-state index contributed by atoms with van der Waals surface area (Å²) >= 11 is 5.12. The SMILES string of the molecule is CCNC(=S)NN=Cc1cc(C)n(-c2ccc(N(CC)CC)cc2)c1C. The molecule has 6 heteroatoms. The molecule has 2 rings (SSSR count).